The number of hydrogen-bond donors (Lipinski definition) is 0. The minimum Gasteiger partial charge on any atom is -0.496 e. The Hall–Kier alpha value is -3.32. The highest BCUT2D eigenvalue weighted by molar-refractivity contribution is 5.91. The van der Waals surface area contributed by atoms with E-state index in [0.29, 0.717) is 0 Å². The number of fused-ring (bicyclic) bond motifs is 3. The van der Waals surface area contributed by atoms with E-state index in [0.717, 1.165) is 41.7 Å². The summed E-state index contributed by atoms with van der Waals surface area (Å²) in [4.78, 5) is 0. The Kier molecular flexibility index (Phi) is 6.42. The molecule has 0 radical (unpaired) electrons. The molecular weight excluding hydrogens is 484 g/mol. The van der Waals surface area contributed by atoms with Gasteiger partial charge in [0.25, 0.3) is 0 Å². The van der Waals surface area contributed by atoms with E-state index in [1.165, 1.54) is 61.3 Å². The van der Waals surface area contributed by atoms with Crippen LogP contribution < -0.4 is 4.74 Å². The first-order valence-corrected chi connectivity index (χ1v) is 14.6. The lowest BCUT2D eigenvalue weighted by atomic mass is 9.41. The van der Waals surface area contributed by atoms with Crippen molar-refractivity contribution in [3.05, 3.63) is 112 Å². The van der Waals surface area contributed by atoms with Gasteiger partial charge in [-0.15, -0.1) is 0 Å². The van der Waals surface area contributed by atoms with Gasteiger partial charge in [-0.25, -0.2) is 0 Å². The molecule has 1 nitrogen and oxygen atoms in total. The fourth-order valence-electron chi connectivity index (χ4n) is 9.04. The van der Waals surface area contributed by atoms with E-state index in [9.17, 15) is 0 Å². The number of hydrogen-bond acceptors (Lipinski definition) is 1. The van der Waals surface area contributed by atoms with Gasteiger partial charge in [0.15, 0.2) is 0 Å². The second kappa shape index (κ2) is 9.10. The second-order valence-electron chi connectivity index (χ2n) is 13.6. The molecule has 0 N–H and O–H groups in total. The monoisotopic (exact) mass is 530 g/mol. The van der Waals surface area contributed by atoms with E-state index in [4.69, 9.17) is 17.9 Å². The fraction of sp³-hybridized carbons (Fsp3) is 0.385. The molecule has 3 aliphatic rings. The van der Waals surface area contributed by atoms with E-state index in [2.05, 4.69) is 92.8 Å². The van der Waals surface area contributed by atoms with Crippen LogP contribution in [0.2, 0.25) is 0 Å². The highest BCUT2D eigenvalue weighted by Crippen LogP contribution is 2.70. The molecule has 0 bridgehead atoms. The lowest BCUT2D eigenvalue weighted by Crippen LogP contribution is -2.52. The van der Waals surface area contributed by atoms with Gasteiger partial charge in [0.05, 0.1) is 7.11 Å². The van der Waals surface area contributed by atoms with Gasteiger partial charge >= 0.3 is 0 Å². The summed E-state index contributed by atoms with van der Waals surface area (Å²) in [5.74, 6) is 0.893. The van der Waals surface area contributed by atoms with Crippen LogP contribution >= 0.6 is 0 Å². The third kappa shape index (κ3) is 3.59. The van der Waals surface area contributed by atoms with Crippen LogP contribution in [-0.4, -0.2) is 7.11 Å². The number of allylic oxidation sites excluding steroid dienone is 7. The quantitative estimate of drug-likeness (QED) is 0.382. The summed E-state index contributed by atoms with van der Waals surface area (Å²) in [5.41, 5.74) is 17.8. The van der Waals surface area contributed by atoms with Crippen molar-refractivity contribution in [2.45, 2.75) is 74.7 Å². The Bertz CT molecular complexity index is 1600. The number of ether oxygens (including phenoxy) is 1. The van der Waals surface area contributed by atoms with E-state index >= 15 is 0 Å². The molecule has 0 aromatic heterocycles. The molecular formula is C39H46O. The normalized spacial score (nSPS) is 27.7. The van der Waals surface area contributed by atoms with E-state index < -0.39 is 0 Å². The maximum absolute atomic E-state index is 5.90. The third-order valence-electron chi connectivity index (χ3n) is 11.0. The summed E-state index contributed by atoms with van der Waals surface area (Å²) in [6.07, 6.45) is 5.02. The zero-order valence-electron chi connectivity index (χ0n) is 26.2. The van der Waals surface area contributed by atoms with Crippen molar-refractivity contribution in [3.63, 3.8) is 0 Å². The second-order valence-corrected chi connectivity index (χ2v) is 13.6. The van der Waals surface area contributed by atoms with Crippen LogP contribution in [-0.2, 0) is 6.42 Å². The molecule has 0 amide bonds. The first-order chi connectivity index (χ1) is 18.6. The fourth-order valence-corrected chi connectivity index (χ4v) is 9.04. The minimum absolute atomic E-state index is 0.0382. The Morgan fingerprint density at radius 1 is 0.975 bits per heavy atom. The minimum atomic E-state index is -0.155. The predicted octanol–water partition coefficient (Wildman–Crippen LogP) is 10.8. The standard InChI is InChI=1S/C39H46O/c1-14-29-15-16-33(40-13)31(18-29)30-17-23(4)25(6)35-26(7)36-28(9)39(12)27(8)34(22(2)3)24(5)19-38(39,11)21-37(36,10)20-32(30)35/h14-18H,1-2,7-8,19-21H2,3-6,9-13H3/t37-,38+,39-/m1/s1. The van der Waals surface area contributed by atoms with Gasteiger partial charge in [-0.05, 0) is 133 Å². The van der Waals surface area contributed by atoms with Crippen LogP contribution in [0.3, 0.4) is 0 Å². The molecule has 2 aromatic carbocycles. The SMILES string of the molecule is C=Cc1ccc(OC)c(-c2cc(C)c(C)c3c2C[C@]2(C)C[C@]4(C)CC(C)=C(C(=C)C)C(=C)[C@]4(C)C(C)=C2C3=C)c1. The Morgan fingerprint density at radius 3 is 2.25 bits per heavy atom. The largest absolute Gasteiger partial charge is 0.496 e. The van der Waals surface area contributed by atoms with Crippen molar-refractivity contribution in [2.75, 3.05) is 7.11 Å². The van der Waals surface area contributed by atoms with Crippen LogP contribution in [0.5, 0.6) is 5.75 Å². The molecule has 0 saturated carbocycles. The van der Waals surface area contributed by atoms with Crippen LogP contribution in [0.15, 0.2) is 84.0 Å². The van der Waals surface area contributed by atoms with Crippen molar-refractivity contribution in [1.29, 1.82) is 0 Å². The highest BCUT2D eigenvalue weighted by Gasteiger charge is 2.59. The van der Waals surface area contributed by atoms with Gasteiger partial charge in [-0.1, -0.05) is 82.0 Å². The lowest BCUT2D eigenvalue weighted by Gasteiger charge is -2.62. The molecule has 0 heterocycles. The van der Waals surface area contributed by atoms with Crippen molar-refractivity contribution in [2.24, 2.45) is 16.2 Å². The molecule has 5 rings (SSSR count). The average molecular weight is 531 g/mol. The van der Waals surface area contributed by atoms with Crippen LogP contribution in [0.25, 0.3) is 22.8 Å². The predicted molar refractivity (Wildman–Crippen MR) is 174 cm³/mol. The zero-order chi connectivity index (χ0) is 29.5. The summed E-state index contributed by atoms with van der Waals surface area (Å²) in [7, 11) is 1.76. The molecule has 0 saturated heterocycles. The van der Waals surface area contributed by atoms with Crippen molar-refractivity contribution in [1.82, 2.24) is 0 Å². The molecule has 0 fully saturated rings. The van der Waals surface area contributed by atoms with E-state index in [-0.39, 0.29) is 16.2 Å². The van der Waals surface area contributed by atoms with Crippen molar-refractivity contribution >= 4 is 11.6 Å². The smallest absolute Gasteiger partial charge is 0.126 e. The van der Waals surface area contributed by atoms with Crippen LogP contribution in [0, 0.1) is 30.1 Å². The molecule has 0 unspecified atom stereocenters. The highest BCUT2D eigenvalue weighted by atomic mass is 16.5. The van der Waals surface area contributed by atoms with Crippen molar-refractivity contribution < 1.29 is 4.74 Å². The average Bonchev–Trinajstić information content (AvgIpc) is 2.87. The lowest BCUT2D eigenvalue weighted by molar-refractivity contribution is 0.0544. The molecule has 208 valence electrons. The molecule has 3 aliphatic carbocycles. The van der Waals surface area contributed by atoms with Crippen molar-refractivity contribution in [3.8, 4) is 16.9 Å². The summed E-state index contributed by atoms with van der Waals surface area (Å²) in [6.45, 7) is 36.7. The summed E-state index contributed by atoms with van der Waals surface area (Å²) >= 11 is 0. The topological polar surface area (TPSA) is 9.23 Å². The molecule has 0 aliphatic heterocycles. The van der Waals surface area contributed by atoms with Gasteiger partial charge in [0, 0.05) is 11.0 Å². The Morgan fingerprint density at radius 2 is 1.65 bits per heavy atom. The molecule has 0 spiro atoms. The summed E-state index contributed by atoms with van der Waals surface area (Å²) in [5, 5.41) is 0. The summed E-state index contributed by atoms with van der Waals surface area (Å²) in [6, 6.07) is 8.72. The zero-order valence-corrected chi connectivity index (χ0v) is 26.2. The number of rotatable bonds is 4. The van der Waals surface area contributed by atoms with Gasteiger partial charge in [0.1, 0.15) is 5.75 Å². The molecule has 2 aromatic rings. The number of methoxy groups -OCH3 is 1. The molecule has 1 heteroatoms. The van der Waals surface area contributed by atoms with Crippen LogP contribution in [0.4, 0.5) is 0 Å². The van der Waals surface area contributed by atoms with E-state index in [1.807, 2.05) is 6.08 Å². The van der Waals surface area contributed by atoms with Crippen LogP contribution in [0.1, 0.15) is 82.2 Å². The van der Waals surface area contributed by atoms with Gasteiger partial charge in [0.2, 0.25) is 0 Å². The molecule has 3 atom stereocenters. The maximum Gasteiger partial charge on any atom is 0.126 e. The Labute approximate surface area is 242 Å². The first-order valence-electron chi connectivity index (χ1n) is 14.6. The van der Waals surface area contributed by atoms with E-state index in [1.54, 1.807) is 7.11 Å². The Balaban J connectivity index is 1.81. The van der Waals surface area contributed by atoms with Gasteiger partial charge in [-0.2, -0.15) is 0 Å². The van der Waals surface area contributed by atoms with Gasteiger partial charge < -0.3 is 4.74 Å². The molecule has 40 heavy (non-hydrogen) atoms. The maximum atomic E-state index is 5.90. The number of benzene rings is 2. The van der Waals surface area contributed by atoms with Gasteiger partial charge in [-0.3, -0.25) is 0 Å². The summed E-state index contributed by atoms with van der Waals surface area (Å²) < 4.78 is 5.90. The number of aryl methyl sites for hydroxylation is 1. The third-order valence-corrected chi connectivity index (χ3v) is 11.0. The first kappa shape index (κ1) is 28.2.